The molecule has 0 aliphatic carbocycles. The van der Waals surface area contributed by atoms with Crippen LogP contribution in [0.4, 0.5) is 4.39 Å². The van der Waals surface area contributed by atoms with Crippen LogP contribution < -0.4 is 5.56 Å². The molecular formula is C21H19FN2O3. The van der Waals surface area contributed by atoms with Crippen molar-refractivity contribution in [1.82, 2.24) is 9.55 Å². The highest BCUT2D eigenvalue weighted by Gasteiger charge is 2.13. The summed E-state index contributed by atoms with van der Waals surface area (Å²) in [6.45, 7) is 2.36. The number of halogens is 1. The Morgan fingerprint density at radius 3 is 2.67 bits per heavy atom. The molecule has 6 heteroatoms. The Morgan fingerprint density at radius 2 is 2.00 bits per heavy atom. The fraction of sp³-hybridized carbons (Fsp3) is 0.190. The van der Waals surface area contributed by atoms with E-state index in [1.165, 1.54) is 12.1 Å². The first-order chi connectivity index (χ1) is 13.0. The summed E-state index contributed by atoms with van der Waals surface area (Å²) in [5.41, 5.74) is 1.17. The molecule has 0 saturated carbocycles. The quantitative estimate of drug-likeness (QED) is 0.679. The fourth-order valence-electron chi connectivity index (χ4n) is 2.98. The van der Waals surface area contributed by atoms with Crippen LogP contribution in [0.1, 0.15) is 23.9 Å². The van der Waals surface area contributed by atoms with Gasteiger partial charge in [0.2, 0.25) is 0 Å². The van der Waals surface area contributed by atoms with Crippen LogP contribution in [0.2, 0.25) is 0 Å². The Morgan fingerprint density at radius 1 is 1.26 bits per heavy atom. The molecule has 1 heterocycles. The van der Waals surface area contributed by atoms with E-state index in [4.69, 9.17) is 5.11 Å². The predicted molar refractivity (Wildman–Crippen MR) is 102 cm³/mol. The van der Waals surface area contributed by atoms with Gasteiger partial charge in [-0.05, 0) is 24.1 Å². The van der Waals surface area contributed by atoms with Gasteiger partial charge in [-0.25, -0.2) is 14.2 Å². The van der Waals surface area contributed by atoms with Crippen LogP contribution in [-0.2, 0) is 24.2 Å². The highest BCUT2D eigenvalue weighted by molar-refractivity contribution is 5.87. The smallest absolute Gasteiger partial charge is 0.328 e. The van der Waals surface area contributed by atoms with Crippen molar-refractivity contribution in [3.63, 3.8) is 0 Å². The minimum absolute atomic E-state index is 0.0441. The Bertz CT molecular complexity index is 1070. The van der Waals surface area contributed by atoms with Crippen molar-refractivity contribution in [1.29, 1.82) is 0 Å². The van der Waals surface area contributed by atoms with E-state index in [-0.39, 0.29) is 22.0 Å². The van der Waals surface area contributed by atoms with Gasteiger partial charge < -0.3 is 5.11 Å². The van der Waals surface area contributed by atoms with E-state index in [1.807, 2.05) is 37.3 Å². The van der Waals surface area contributed by atoms with Gasteiger partial charge in [-0.3, -0.25) is 9.36 Å². The molecule has 0 fully saturated rings. The number of carboxylic acids is 1. The SMILES string of the molecule is CCc1nc2cc(F)c(/C=C/C(=O)O)cc2c(=O)n1CCc1ccccc1. The number of hydrogen-bond donors (Lipinski definition) is 1. The maximum absolute atomic E-state index is 14.2. The number of carbonyl (C=O) groups is 1. The first-order valence-electron chi connectivity index (χ1n) is 8.67. The van der Waals surface area contributed by atoms with E-state index in [0.717, 1.165) is 17.7 Å². The summed E-state index contributed by atoms with van der Waals surface area (Å²) in [4.78, 5) is 28.1. The lowest BCUT2D eigenvalue weighted by atomic mass is 10.1. The molecule has 0 saturated heterocycles. The lowest BCUT2D eigenvalue weighted by molar-refractivity contribution is -0.131. The number of hydrogen-bond acceptors (Lipinski definition) is 3. The molecular weight excluding hydrogens is 347 g/mol. The second-order valence-corrected chi connectivity index (χ2v) is 6.14. The second kappa shape index (κ2) is 7.95. The van der Waals surface area contributed by atoms with Gasteiger partial charge in [0, 0.05) is 30.7 Å². The predicted octanol–water partition coefficient (Wildman–Crippen LogP) is 3.44. The summed E-state index contributed by atoms with van der Waals surface area (Å²) in [6.07, 6.45) is 3.20. The van der Waals surface area contributed by atoms with E-state index in [1.54, 1.807) is 4.57 Å². The Hall–Kier alpha value is -3.28. The van der Waals surface area contributed by atoms with Gasteiger partial charge in [-0.15, -0.1) is 0 Å². The molecule has 0 amide bonds. The van der Waals surface area contributed by atoms with Gasteiger partial charge in [0.1, 0.15) is 11.6 Å². The molecule has 0 unspecified atom stereocenters. The van der Waals surface area contributed by atoms with Crippen LogP contribution >= 0.6 is 0 Å². The molecule has 2 aromatic carbocycles. The van der Waals surface area contributed by atoms with Crippen molar-refractivity contribution in [3.8, 4) is 0 Å². The Labute approximate surface area is 155 Å². The van der Waals surface area contributed by atoms with Crippen LogP contribution in [0.15, 0.2) is 53.3 Å². The van der Waals surface area contributed by atoms with E-state index < -0.39 is 11.8 Å². The van der Waals surface area contributed by atoms with E-state index >= 15 is 0 Å². The number of fused-ring (bicyclic) bond motifs is 1. The number of aromatic nitrogens is 2. The maximum atomic E-state index is 14.2. The highest BCUT2D eigenvalue weighted by atomic mass is 19.1. The van der Waals surface area contributed by atoms with Crippen LogP contribution in [-0.4, -0.2) is 20.6 Å². The molecule has 0 bridgehead atoms. The molecule has 0 aliphatic heterocycles. The van der Waals surface area contributed by atoms with Crippen molar-refractivity contribution < 1.29 is 14.3 Å². The minimum atomic E-state index is -1.19. The summed E-state index contributed by atoms with van der Waals surface area (Å²) in [5, 5.41) is 9.01. The number of aryl methyl sites for hydroxylation is 2. The average molecular weight is 366 g/mol. The standard InChI is InChI=1S/C21H19FN2O3/c1-2-19-23-18-13-17(22)15(8-9-20(25)26)12-16(18)21(27)24(19)11-10-14-6-4-3-5-7-14/h3-9,12-13H,2,10-11H2,1H3,(H,25,26)/b9-8+. The Kier molecular flexibility index (Phi) is 5.45. The first kappa shape index (κ1) is 18.5. The lowest BCUT2D eigenvalue weighted by Gasteiger charge is -2.13. The zero-order chi connectivity index (χ0) is 19.4. The molecule has 3 rings (SSSR count). The third-order valence-corrected chi connectivity index (χ3v) is 4.34. The van der Waals surface area contributed by atoms with Gasteiger partial charge >= 0.3 is 5.97 Å². The zero-order valence-electron chi connectivity index (χ0n) is 14.9. The largest absolute Gasteiger partial charge is 0.478 e. The lowest BCUT2D eigenvalue weighted by Crippen LogP contribution is -2.26. The third kappa shape index (κ3) is 4.11. The normalized spacial score (nSPS) is 11.3. The molecule has 0 spiro atoms. The second-order valence-electron chi connectivity index (χ2n) is 6.14. The van der Waals surface area contributed by atoms with Crippen molar-refractivity contribution in [2.24, 2.45) is 0 Å². The van der Waals surface area contributed by atoms with Crippen LogP contribution in [0, 0.1) is 5.82 Å². The van der Waals surface area contributed by atoms with E-state index in [0.29, 0.717) is 25.2 Å². The molecule has 5 nitrogen and oxygen atoms in total. The minimum Gasteiger partial charge on any atom is -0.478 e. The number of nitrogens with zero attached hydrogens (tertiary/aromatic N) is 2. The molecule has 3 aromatic rings. The molecule has 138 valence electrons. The number of carboxylic acid groups (broad SMARTS) is 1. The summed E-state index contributed by atoms with van der Waals surface area (Å²) in [7, 11) is 0. The summed E-state index contributed by atoms with van der Waals surface area (Å²) in [5.74, 6) is -1.21. The molecule has 1 N–H and O–H groups in total. The van der Waals surface area contributed by atoms with Crippen LogP contribution in [0.3, 0.4) is 0 Å². The highest BCUT2D eigenvalue weighted by Crippen LogP contribution is 2.18. The first-order valence-corrected chi connectivity index (χ1v) is 8.67. The van der Waals surface area contributed by atoms with Gasteiger partial charge in [0.25, 0.3) is 5.56 Å². The molecule has 0 atom stereocenters. The van der Waals surface area contributed by atoms with E-state index in [9.17, 15) is 14.0 Å². The summed E-state index contributed by atoms with van der Waals surface area (Å²) < 4.78 is 15.8. The summed E-state index contributed by atoms with van der Waals surface area (Å²) >= 11 is 0. The fourth-order valence-corrected chi connectivity index (χ4v) is 2.98. The van der Waals surface area contributed by atoms with Crippen molar-refractivity contribution in [2.75, 3.05) is 0 Å². The van der Waals surface area contributed by atoms with Gasteiger partial charge in [-0.2, -0.15) is 0 Å². The number of rotatable bonds is 6. The van der Waals surface area contributed by atoms with Gasteiger partial charge in [0.15, 0.2) is 0 Å². The monoisotopic (exact) mass is 366 g/mol. The summed E-state index contributed by atoms with van der Waals surface area (Å²) in [6, 6.07) is 12.4. The van der Waals surface area contributed by atoms with Gasteiger partial charge in [-0.1, -0.05) is 37.3 Å². The van der Waals surface area contributed by atoms with Crippen molar-refractivity contribution in [2.45, 2.75) is 26.3 Å². The molecule has 0 radical (unpaired) electrons. The van der Waals surface area contributed by atoms with Crippen molar-refractivity contribution >= 4 is 22.9 Å². The Balaban J connectivity index is 2.07. The van der Waals surface area contributed by atoms with Crippen LogP contribution in [0.5, 0.6) is 0 Å². The molecule has 27 heavy (non-hydrogen) atoms. The molecule has 0 aliphatic rings. The average Bonchev–Trinajstić information content (AvgIpc) is 2.66. The van der Waals surface area contributed by atoms with Crippen molar-refractivity contribution in [3.05, 3.63) is 81.7 Å². The van der Waals surface area contributed by atoms with Crippen LogP contribution in [0.25, 0.3) is 17.0 Å². The number of aliphatic carboxylic acids is 1. The molecule has 1 aromatic heterocycles. The number of benzene rings is 2. The topological polar surface area (TPSA) is 72.2 Å². The third-order valence-electron chi connectivity index (χ3n) is 4.34. The van der Waals surface area contributed by atoms with Gasteiger partial charge in [0.05, 0.1) is 10.9 Å². The zero-order valence-corrected chi connectivity index (χ0v) is 14.9. The van der Waals surface area contributed by atoms with E-state index in [2.05, 4.69) is 4.98 Å². The maximum Gasteiger partial charge on any atom is 0.328 e.